The zero-order valence-electron chi connectivity index (χ0n) is 16.1. The summed E-state index contributed by atoms with van der Waals surface area (Å²) < 4.78 is 42.6. The van der Waals surface area contributed by atoms with Crippen LogP contribution in [0.25, 0.3) is 0 Å². The monoisotopic (exact) mass is 430 g/mol. The molecule has 0 aromatic heterocycles. The van der Waals surface area contributed by atoms with Gasteiger partial charge in [-0.2, -0.15) is 8.78 Å². The van der Waals surface area contributed by atoms with Gasteiger partial charge in [0.25, 0.3) is 0 Å². The summed E-state index contributed by atoms with van der Waals surface area (Å²) in [5.41, 5.74) is 0.469. The minimum Gasteiger partial charge on any atom is -0.487 e. The molecule has 4 bridgehead atoms. The van der Waals surface area contributed by atoms with Gasteiger partial charge in [-0.25, -0.2) is 10.1 Å². The maximum atomic E-state index is 13.7. The molecule has 0 radical (unpaired) electrons. The van der Waals surface area contributed by atoms with Crippen LogP contribution in [0.5, 0.6) is 5.75 Å². The maximum absolute atomic E-state index is 13.7. The summed E-state index contributed by atoms with van der Waals surface area (Å²) in [4.78, 5) is 11.8. The fraction of sp³-hybridized carbons (Fsp3) is 0.650. The van der Waals surface area contributed by atoms with Crippen LogP contribution in [-0.2, 0) is 18.9 Å². The number of carbonyl (C=O) groups is 1. The Balaban J connectivity index is 1.45. The average molecular weight is 430 g/mol. The predicted molar refractivity (Wildman–Crippen MR) is 99.9 cm³/mol. The molecule has 0 aliphatic heterocycles. The van der Waals surface area contributed by atoms with E-state index in [0.29, 0.717) is 18.3 Å². The minimum absolute atomic E-state index is 0.0754. The van der Waals surface area contributed by atoms with Gasteiger partial charge in [0.05, 0.1) is 6.61 Å². The van der Waals surface area contributed by atoms with E-state index in [1.807, 2.05) is 31.2 Å². The van der Waals surface area contributed by atoms with Gasteiger partial charge in [-0.15, -0.1) is 4.33 Å². The van der Waals surface area contributed by atoms with E-state index in [0.717, 1.165) is 43.4 Å². The number of carbonyl (C=O) groups excluding carboxylic acids is 1. The first-order chi connectivity index (χ1) is 13.7. The Morgan fingerprint density at radius 2 is 1.86 bits per heavy atom. The van der Waals surface area contributed by atoms with E-state index in [1.165, 1.54) is 0 Å². The van der Waals surface area contributed by atoms with E-state index in [4.69, 9.17) is 14.7 Å². The molecule has 0 amide bonds. The van der Waals surface area contributed by atoms with E-state index in [2.05, 4.69) is 9.37 Å². The summed E-state index contributed by atoms with van der Waals surface area (Å²) in [6.07, 6.45) is 5.39. The third-order valence-electron chi connectivity index (χ3n) is 6.40. The maximum Gasteiger partial charge on any atom is 0.415 e. The van der Waals surface area contributed by atoms with E-state index >= 15 is 0 Å². The second-order valence-electron chi connectivity index (χ2n) is 8.88. The SMILES string of the molecule is Cc1ccc(OC23CC4CC(CC(COC(=O)C(F)(F)SOOO)(C4)C2)C3)cc1. The van der Waals surface area contributed by atoms with Crippen LogP contribution in [0.4, 0.5) is 8.78 Å². The Hall–Kier alpha value is -1.42. The molecular formula is C20H24F2O6S. The van der Waals surface area contributed by atoms with Gasteiger partial charge in [-0.05, 0) is 69.4 Å². The summed E-state index contributed by atoms with van der Waals surface area (Å²) in [7, 11) is 0. The van der Waals surface area contributed by atoms with Crippen molar-refractivity contribution in [3.8, 4) is 5.75 Å². The topological polar surface area (TPSA) is 74.2 Å². The fourth-order valence-electron chi connectivity index (χ4n) is 5.90. The van der Waals surface area contributed by atoms with Gasteiger partial charge >= 0.3 is 11.2 Å². The van der Waals surface area contributed by atoms with Crippen molar-refractivity contribution in [1.82, 2.24) is 0 Å². The standard InChI is InChI=1S/C20H24F2O6S/c1-13-2-4-16(5-3-13)26-19-9-14-6-15(10-19)8-18(7-14,11-19)12-25-17(23)20(21,22)29-28-27-24/h2-5,14-15,24H,6-12H2,1H3. The first kappa shape index (κ1) is 20.8. The highest BCUT2D eigenvalue weighted by Gasteiger charge is 2.60. The molecule has 5 rings (SSSR count). The number of ether oxygens (including phenoxy) is 2. The number of esters is 1. The van der Waals surface area contributed by atoms with Crippen molar-refractivity contribution < 1.29 is 37.7 Å². The van der Waals surface area contributed by atoms with E-state index in [9.17, 15) is 13.6 Å². The zero-order chi connectivity index (χ0) is 20.7. The van der Waals surface area contributed by atoms with Gasteiger partial charge in [-0.3, -0.25) is 0 Å². The van der Waals surface area contributed by atoms with E-state index < -0.39 is 23.3 Å². The molecule has 2 unspecified atom stereocenters. The fourth-order valence-corrected chi connectivity index (χ4v) is 6.15. The van der Waals surface area contributed by atoms with Crippen LogP contribution >= 0.6 is 12.0 Å². The molecule has 2 atom stereocenters. The lowest BCUT2D eigenvalue weighted by molar-refractivity contribution is -0.433. The van der Waals surface area contributed by atoms with Crippen LogP contribution in [0.1, 0.15) is 44.1 Å². The molecule has 4 aliphatic carbocycles. The highest BCUT2D eigenvalue weighted by molar-refractivity contribution is 7.96. The second-order valence-corrected chi connectivity index (χ2v) is 9.69. The highest BCUT2D eigenvalue weighted by atomic mass is 32.2. The normalized spacial score (nSPS) is 33.0. The van der Waals surface area contributed by atoms with Crippen LogP contribution in [0, 0.1) is 24.2 Å². The summed E-state index contributed by atoms with van der Waals surface area (Å²) in [5, 5.41) is 7.19. The van der Waals surface area contributed by atoms with Gasteiger partial charge in [0.15, 0.2) is 0 Å². The van der Waals surface area contributed by atoms with Gasteiger partial charge < -0.3 is 9.47 Å². The predicted octanol–water partition coefficient (Wildman–Crippen LogP) is 4.92. The Morgan fingerprint density at radius 1 is 1.21 bits per heavy atom. The van der Waals surface area contributed by atoms with Gasteiger partial charge in [0.2, 0.25) is 0 Å². The van der Waals surface area contributed by atoms with Crippen molar-refractivity contribution in [1.29, 1.82) is 0 Å². The zero-order valence-corrected chi connectivity index (χ0v) is 16.9. The molecule has 0 spiro atoms. The lowest BCUT2D eigenvalue weighted by atomic mass is 9.48. The van der Waals surface area contributed by atoms with E-state index in [1.54, 1.807) is 0 Å². The van der Waals surface area contributed by atoms with Crippen LogP contribution in [0.15, 0.2) is 24.3 Å². The molecule has 160 valence electrons. The largest absolute Gasteiger partial charge is 0.487 e. The molecule has 6 nitrogen and oxygen atoms in total. The van der Waals surface area contributed by atoms with Crippen LogP contribution in [-0.4, -0.2) is 28.7 Å². The van der Waals surface area contributed by atoms with E-state index in [-0.39, 0.29) is 17.6 Å². The van der Waals surface area contributed by atoms with Crippen LogP contribution < -0.4 is 4.74 Å². The number of hydrogen-bond donors (Lipinski definition) is 1. The average Bonchev–Trinajstić information content (AvgIpc) is 2.65. The molecule has 9 heteroatoms. The molecular weight excluding hydrogens is 406 g/mol. The Bertz CT molecular complexity index is 742. The minimum atomic E-state index is -3.97. The van der Waals surface area contributed by atoms with Crippen LogP contribution in [0.3, 0.4) is 0 Å². The first-order valence-corrected chi connectivity index (χ1v) is 10.4. The lowest BCUT2D eigenvalue weighted by Gasteiger charge is -2.61. The molecule has 0 heterocycles. The smallest absolute Gasteiger partial charge is 0.415 e. The number of benzene rings is 1. The first-order valence-electron chi connectivity index (χ1n) is 9.70. The summed E-state index contributed by atoms with van der Waals surface area (Å²) in [6.45, 7) is 1.94. The molecule has 1 N–H and O–H groups in total. The van der Waals surface area contributed by atoms with Crippen molar-refractivity contribution >= 4 is 18.0 Å². The molecule has 1 aromatic rings. The third-order valence-corrected chi connectivity index (χ3v) is 6.91. The Labute approximate surface area is 171 Å². The van der Waals surface area contributed by atoms with Gasteiger partial charge in [-0.1, -0.05) is 22.7 Å². The Kier molecular flexibility index (Phi) is 5.52. The van der Waals surface area contributed by atoms with Gasteiger partial charge in [0, 0.05) is 5.41 Å². The van der Waals surface area contributed by atoms with Crippen molar-refractivity contribution in [3.05, 3.63) is 29.8 Å². The molecule has 1 aromatic carbocycles. The lowest BCUT2D eigenvalue weighted by Crippen LogP contribution is -2.59. The van der Waals surface area contributed by atoms with Crippen LogP contribution in [0.2, 0.25) is 0 Å². The summed E-state index contributed by atoms with van der Waals surface area (Å²) >= 11 is -0.599. The number of aryl methyl sites for hydroxylation is 1. The summed E-state index contributed by atoms with van der Waals surface area (Å²) in [6, 6.07) is 7.93. The number of halogens is 2. The summed E-state index contributed by atoms with van der Waals surface area (Å²) in [5.74, 6) is 0.000365. The molecule has 0 saturated heterocycles. The second kappa shape index (κ2) is 7.68. The third kappa shape index (κ3) is 4.38. The van der Waals surface area contributed by atoms with Crippen molar-refractivity contribution in [2.24, 2.45) is 17.3 Å². The number of rotatable bonds is 8. The molecule has 4 saturated carbocycles. The number of hydrogen-bond acceptors (Lipinski definition) is 7. The molecule has 29 heavy (non-hydrogen) atoms. The van der Waals surface area contributed by atoms with Crippen molar-refractivity contribution in [2.45, 2.75) is 56.3 Å². The molecule has 4 aliphatic rings. The van der Waals surface area contributed by atoms with Crippen molar-refractivity contribution in [3.63, 3.8) is 0 Å². The number of alkyl halides is 2. The van der Waals surface area contributed by atoms with Gasteiger partial charge in [0.1, 0.15) is 23.4 Å². The Morgan fingerprint density at radius 3 is 2.48 bits per heavy atom. The highest BCUT2D eigenvalue weighted by Crippen LogP contribution is 2.62. The van der Waals surface area contributed by atoms with Crippen molar-refractivity contribution in [2.75, 3.05) is 6.61 Å². The quantitative estimate of drug-likeness (QED) is 0.272. The molecule has 4 fully saturated rings.